The molecule has 1 aromatic rings. The highest BCUT2D eigenvalue weighted by Crippen LogP contribution is 2.19. The molecule has 0 atom stereocenters. The monoisotopic (exact) mass is 166 g/mol. The van der Waals surface area contributed by atoms with Crippen LogP contribution in [0.25, 0.3) is 0 Å². The summed E-state index contributed by atoms with van der Waals surface area (Å²) in [7, 11) is 0. The maximum Gasteiger partial charge on any atom is 0.296 e. The van der Waals surface area contributed by atoms with Gasteiger partial charge >= 0.3 is 0 Å². The third-order valence-corrected chi connectivity index (χ3v) is 1.52. The van der Waals surface area contributed by atoms with E-state index >= 15 is 0 Å². The second-order valence-electron chi connectivity index (χ2n) is 2.20. The summed E-state index contributed by atoms with van der Waals surface area (Å²) in [6.07, 6.45) is 2.94. The third-order valence-electron chi connectivity index (χ3n) is 1.52. The highest BCUT2D eigenvalue weighted by Gasteiger charge is 2.27. The average molecular weight is 166 g/mol. The van der Waals surface area contributed by atoms with Crippen molar-refractivity contribution in [2.45, 2.75) is 0 Å². The number of hydrogen-bond acceptors (Lipinski definition) is 3. The van der Waals surface area contributed by atoms with E-state index in [0.29, 0.717) is 11.3 Å². The first-order valence-corrected chi connectivity index (χ1v) is 3.09. The second-order valence-corrected chi connectivity index (χ2v) is 2.20. The van der Waals surface area contributed by atoms with Gasteiger partial charge in [0.25, 0.3) is 11.7 Å². The lowest BCUT2D eigenvalue weighted by atomic mass is 10.2. The Labute approximate surface area is 67.7 Å². The number of hydrogen-bond donors (Lipinski definition) is 1. The molecule has 1 aliphatic heterocycles. The van der Waals surface area contributed by atoms with Gasteiger partial charge < -0.3 is 10.8 Å². The molecule has 2 rings (SSSR count). The van der Waals surface area contributed by atoms with Crippen LogP contribution in [0.2, 0.25) is 0 Å². The average Bonchev–Trinajstić information content (AvgIpc) is 2.30. The molecule has 0 aliphatic carbocycles. The van der Waals surface area contributed by atoms with Crippen LogP contribution in [-0.4, -0.2) is 22.2 Å². The van der Waals surface area contributed by atoms with Gasteiger partial charge in [0.05, 0.1) is 17.4 Å². The minimum absolute atomic E-state index is 0. The molecule has 5 nitrogen and oxygen atoms in total. The molecule has 0 unspecified atom stereocenters. The van der Waals surface area contributed by atoms with Crippen LogP contribution in [0, 0.1) is 0 Å². The van der Waals surface area contributed by atoms with Crippen LogP contribution in [0.15, 0.2) is 18.5 Å². The SMILES string of the molecule is O.O=C1Nc2cnccc2C1=O. The minimum Gasteiger partial charge on any atom is -0.412 e. The zero-order valence-electron chi connectivity index (χ0n) is 6.00. The number of rotatable bonds is 0. The standard InChI is InChI=1S/C7H4N2O2.H2O/c10-6-4-1-2-8-3-5(4)9-7(6)11;/h1-3H,(H,9,10,11);1H2. The number of aromatic nitrogens is 1. The van der Waals surface area contributed by atoms with E-state index in [1.54, 1.807) is 0 Å². The van der Waals surface area contributed by atoms with Gasteiger partial charge in [-0.05, 0) is 6.07 Å². The smallest absolute Gasteiger partial charge is 0.296 e. The first-order chi connectivity index (χ1) is 5.29. The molecule has 0 bridgehead atoms. The number of ketones is 1. The Morgan fingerprint density at radius 2 is 2.08 bits per heavy atom. The molecule has 5 heteroatoms. The summed E-state index contributed by atoms with van der Waals surface area (Å²) in [5, 5.41) is 2.40. The van der Waals surface area contributed by atoms with Crippen molar-refractivity contribution < 1.29 is 15.1 Å². The molecule has 12 heavy (non-hydrogen) atoms. The summed E-state index contributed by atoms with van der Waals surface area (Å²) in [6, 6.07) is 1.52. The Morgan fingerprint density at radius 3 is 2.75 bits per heavy atom. The quantitative estimate of drug-likeness (QED) is 0.521. The van der Waals surface area contributed by atoms with Crippen LogP contribution in [0.4, 0.5) is 5.69 Å². The van der Waals surface area contributed by atoms with Crippen LogP contribution >= 0.6 is 0 Å². The Balaban J connectivity index is 0.000000720. The molecule has 0 aromatic carbocycles. The second kappa shape index (κ2) is 2.71. The molecular weight excluding hydrogens is 160 g/mol. The van der Waals surface area contributed by atoms with Crippen LogP contribution in [0.5, 0.6) is 0 Å². The number of nitrogens with one attached hydrogen (secondary N) is 1. The van der Waals surface area contributed by atoms with E-state index in [4.69, 9.17) is 0 Å². The van der Waals surface area contributed by atoms with Crippen molar-refractivity contribution in [1.82, 2.24) is 4.98 Å². The molecule has 0 spiro atoms. The summed E-state index contributed by atoms with van der Waals surface area (Å²) < 4.78 is 0. The molecule has 0 fully saturated rings. The topological polar surface area (TPSA) is 90.6 Å². The number of anilines is 1. The Morgan fingerprint density at radius 1 is 1.33 bits per heavy atom. The molecule has 2 heterocycles. The van der Waals surface area contributed by atoms with Gasteiger partial charge in [-0.25, -0.2) is 0 Å². The lowest BCUT2D eigenvalue weighted by Crippen LogP contribution is -2.12. The summed E-state index contributed by atoms with van der Waals surface area (Å²) in [6.45, 7) is 0. The van der Waals surface area contributed by atoms with E-state index in [2.05, 4.69) is 10.3 Å². The van der Waals surface area contributed by atoms with E-state index in [0.717, 1.165) is 0 Å². The van der Waals surface area contributed by atoms with Gasteiger partial charge in [-0.2, -0.15) is 0 Å². The van der Waals surface area contributed by atoms with E-state index in [1.807, 2.05) is 0 Å². The molecule has 0 radical (unpaired) electrons. The zero-order valence-corrected chi connectivity index (χ0v) is 6.00. The van der Waals surface area contributed by atoms with Gasteiger partial charge in [-0.3, -0.25) is 14.6 Å². The van der Waals surface area contributed by atoms with Crippen molar-refractivity contribution in [3.05, 3.63) is 24.0 Å². The van der Waals surface area contributed by atoms with Gasteiger partial charge in [0.1, 0.15) is 0 Å². The summed E-state index contributed by atoms with van der Waals surface area (Å²) >= 11 is 0. The maximum absolute atomic E-state index is 11.0. The predicted molar refractivity (Wildman–Crippen MR) is 40.8 cm³/mol. The molecule has 1 aliphatic rings. The van der Waals surface area contributed by atoms with Crippen molar-refractivity contribution in [2.75, 3.05) is 5.32 Å². The largest absolute Gasteiger partial charge is 0.412 e. The molecule has 3 N–H and O–H groups in total. The molecular formula is C7H6N2O3. The number of Topliss-reactive ketones (excluding diaryl/α,β-unsaturated/α-hetero) is 1. The maximum atomic E-state index is 11.0. The lowest BCUT2D eigenvalue weighted by molar-refractivity contribution is -0.112. The van der Waals surface area contributed by atoms with Gasteiger partial charge in [-0.1, -0.05) is 0 Å². The van der Waals surface area contributed by atoms with E-state index in [1.165, 1.54) is 18.5 Å². The van der Waals surface area contributed by atoms with Crippen molar-refractivity contribution in [2.24, 2.45) is 0 Å². The van der Waals surface area contributed by atoms with Crippen molar-refractivity contribution in [1.29, 1.82) is 0 Å². The van der Waals surface area contributed by atoms with E-state index in [9.17, 15) is 9.59 Å². The van der Waals surface area contributed by atoms with Gasteiger partial charge in [0.2, 0.25) is 0 Å². The number of fused-ring (bicyclic) bond motifs is 1. The van der Waals surface area contributed by atoms with Crippen LogP contribution in [0.3, 0.4) is 0 Å². The Hall–Kier alpha value is -1.75. The third kappa shape index (κ3) is 0.960. The number of amides is 1. The predicted octanol–water partition coefficient (Wildman–Crippen LogP) is -0.608. The summed E-state index contributed by atoms with van der Waals surface area (Å²) in [4.78, 5) is 25.5. The summed E-state index contributed by atoms with van der Waals surface area (Å²) in [5.41, 5.74) is 0.910. The molecule has 0 saturated heterocycles. The highest BCUT2D eigenvalue weighted by molar-refractivity contribution is 6.51. The van der Waals surface area contributed by atoms with Gasteiger partial charge in [-0.15, -0.1) is 0 Å². The first kappa shape index (κ1) is 8.35. The van der Waals surface area contributed by atoms with Crippen LogP contribution < -0.4 is 5.32 Å². The fraction of sp³-hybridized carbons (Fsp3) is 0. The Bertz CT molecular complexity index is 348. The van der Waals surface area contributed by atoms with Crippen LogP contribution in [-0.2, 0) is 4.79 Å². The normalized spacial score (nSPS) is 13.3. The number of nitrogens with zero attached hydrogens (tertiary/aromatic N) is 1. The molecule has 1 amide bonds. The lowest BCUT2D eigenvalue weighted by Gasteiger charge is -1.90. The highest BCUT2D eigenvalue weighted by atomic mass is 16.2. The molecule has 62 valence electrons. The minimum atomic E-state index is -0.576. The van der Waals surface area contributed by atoms with E-state index < -0.39 is 11.7 Å². The molecule has 1 aromatic heterocycles. The van der Waals surface area contributed by atoms with Gasteiger partial charge in [0, 0.05) is 6.20 Å². The first-order valence-electron chi connectivity index (χ1n) is 3.09. The molecule has 0 saturated carbocycles. The zero-order chi connectivity index (χ0) is 7.84. The number of carbonyl (C=O) groups is 2. The van der Waals surface area contributed by atoms with Crippen molar-refractivity contribution in [3.8, 4) is 0 Å². The van der Waals surface area contributed by atoms with Gasteiger partial charge in [0.15, 0.2) is 0 Å². The Kier molecular flexibility index (Phi) is 1.88. The fourth-order valence-corrected chi connectivity index (χ4v) is 0.993. The van der Waals surface area contributed by atoms with Crippen molar-refractivity contribution >= 4 is 17.4 Å². The number of carbonyl (C=O) groups excluding carboxylic acids is 2. The fourth-order valence-electron chi connectivity index (χ4n) is 0.993. The van der Waals surface area contributed by atoms with Crippen molar-refractivity contribution in [3.63, 3.8) is 0 Å². The number of pyridine rings is 1. The summed E-state index contributed by atoms with van der Waals surface area (Å²) in [5.74, 6) is -1.06. The van der Waals surface area contributed by atoms with Crippen LogP contribution in [0.1, 0.15) is 10.4 Å². The van der Waals surface area contributed by atoms with E-state index in [-0.39, 0.29) is 5.48 Å².